The van der Waals surface area contributed by atoms with Gasteiger partial charge in [0.25, 0.3) is 0 Å². The first-order chi connectivity index (χ1) is 5.65. The van der Waals surface area contributed by atoms with Gasteiger partial charge >= 0.3 is 5.97 Å². The molecule has 0 aromatic carbocycles. The molecule has 68 valence electrons. The van der Waals surface area contributed by atoms with Crippen LogP contribution < -0.4 is 5.32 Å². The molecule has 0 aromatic rings. The lowest BCUT2D eigenvalue weighted by Crippen LogP contribution is -2.45. The number of piperidine rings is 1. The second-order valence-electron chi connectivity index (χ2n) is 3.06. The van der Waals surface area contributed by atoms with Gasteiger partial charge in [-0.3, -0.25) is 9.59 Å². The van der Waals surface area contributed by atoms with E-state index in [1.54, 1.807) is 0 Å². The van der Waals surface area contributed by atoms with Gasteiger partial charge in [-0.1, -0.05) is 0 Å². The van der Waals surface area contributed by atoms with Crippen molar-refractivity contribution in [3.63, 3.8) is 0 Å². The highest BCUT2D eigenvalue weighted by Crippen LogP contribution is 2.16. The molecule has 0 bridgehead atoms. The minimum atomic E-state index is -0.591. The van der Waals surface area contributed by atoms with Crippen LogP contribution in [0.2, 0.25) is 0 Å². The first-order valence-electron chi connectivity index (χ1n) is 4.03. The Labute approximate surface area is 71.3 Å². The molecule has 4 heteroatoms. The molecule has 1 rings (SSSR count). The van der Waals surface area contributed by atoms with E-state index in [9.17, 15) is 9.59 Å². The predicted molar refractivity (Wildman–Crippen MR) is 42.3 cm³/mol. The van der Waals surface area contributed by atoms with Crippen molar-refractivity contribution in [2.75, 3.05) is 7.11 Å². The van der Waals surface area contributed by atoms with Crippen molar-refractivity contribution < 1.29 is 14.3 Å². The average Bonchev–Trinajstić information content (AvgIpc) is 2.03. The average molecular weight is 171 g/mol. The van der Waals surface area contributed by atoms with Crippen LogP contribution in [-0.2, 0) is 14.3 Å². The molecule has 0 aromatic heterocycles. The number of hydrogen-bond acceptors (Lipinski definition) is 3. The molecule has 0 radical (unpaired) electrons. The number of amides is 1. The Morgan fingerprint density at radius 1 is 1.58 bits per heavy atom. The summed E-state index contributed by atoms with van der Waals surface area (Å²) >= 11 is 0. The quantitative estimate of drug-likeness (QED) is 0.449. The lowest BCUT2D eigenvalue weighted by Gasteiger charge is -2.24. The third-order valence-corrected chi connectivity index (χ3v) is 2.08. The lowest BCUT2D eigenvalue weighted by molar-refractivity contribution is -0.151. The highest BCUT2D eigenvalue weighted by molar-refractivity contribution is 5.98. The zero-order valence-corrected chi connectivity index (χ0v) is 7.29. The number of methoxy groups -OCH3 is 1. The molecule has 1 fully saturated rings. The van der Waals surface area contributed by atoms with Crippen LogP contribution in [0.1, 0.15) is 19.8 Å². The van der Waals surface area contributed by atoms with Gasteiger partial charge in [-0.2, -0.15) is 0 Å². The maximum Gasteiger partial charge on any atom is 0.318 e. The van der Waals surface area contributed by atoms with Crippen molar-refractivity contribution in [1.29, 1.82) is 0 Å². The van der Waals surface area contributed by atoms with Crippen molar-refractivity contribution in [3.05, 3.63) is 0 Å². The summed E-state index contributed by atoms with van der Waals surface area (Å²) in [5.74, 6) is -1.23. The highest BCUT2D eigenvalue weighted by atomic mass is 16.5. The van der Waals surface area contributed by atoms with Gasteiger partial charge in [0.05, 0.1) is 7.11 Å². The molecule has 1 aliphatic rings. The van der Waals surface area contributed by atoms with Crippen LogP contribution in [0.4, 0.5) is 0 Å². The van der Waals surface area contributed by atoms with Crippen LogP contribution in [0, 0.1) is 5.92 Å². The summed E-state index contributed by atoms with van der Waals surface area (Å²) in [5.41, 5.74) is 0. The van der Waals surface area contributed by atoms with E-state index in [0.717, 1.165) is 6.42 Å². The molecule has 0 unspecified atom stereocenters. The Morgan fingerprint density at radius 3 is 2.75 bits per heavy atom. The number of carbonyl (C=O) groups excluding carboxylic acids is 2. The summed E-state index contributed by atoms with van der Waals surface area (Å²) in [4.78, 5) is 22.2. The van der Waals surface area contributed by atoms with Crippen LogP contribution in [0.15, 0.2) is 0 Å². The van der Waals surface area contributed by atoms with Crippen LogP contribution in [-0.4, -0.2) is 25.0 Å². The Balaban J connectivity index is 2.56. The van der Waals surface area contributed by atoms with E-state index in [0.29, 0.717) is 6.42 Å². The summed E-state index contributed by atoms with van der Waals surface area (Å²) in [6.45, 7) is 1.92. The SMILES string of the molecule is COC(=O)[C@@H]1CC[C@H](C)NC1=O. The monoisotopic (exact) mass is 171 g/mol. The Morgan fingerprint density at radius 2 is 2.25 bits per heavy atom. The van der Waals surface area contributed by atoms with Gasteiger partial charge in [0.15, 0.2) is 0 Å². The summed E-state index contributed by atoms with van der Waals surface area (Å²) in [6, 6.07) is 0.179. The van der Waals surface area contributed by atoms with Gasteiger partial charge < -0.3 is 10.1 Å². The molecular weight excluding hydrogens is 158 g/mol. The summed E-state index contributed by atoms with van der Waals surface area (Å²) < 4.78 is 4.50. The minimum Gasteiger partial charge on any atom is -0.468 e. The van der Waals surface area contributed by atoms with Crippen LogP contribution in [0.25, 0.3) is 0 Å². The predicted octanol–water partition coefficient (Wildman–Crippen LogP) is 0.0741. The largest absolute Gasteiger partial charge is 0.468 e. The van der Waals surface area contributed by atoms with Crippen molar-refractivity contribution >= 4 is 11.9 Å². The first kappa shape index (κ1) is 9.03. The van der Waals surface area contributed by atoms with Gasteiger partial charge in [-0.15, -0.1) is 0 Å². The van der Waals surface area contributed by atoms with Crippen LogP contribution in [0.3, 0.4) is 0 Å². The van der Waals surface area contributed by atoms with Gasteiger partial charge in [0, 0.05) is 6.04 Å². The molecule has 1 N–H and O–H groups in total. The molecule has 2 atom stereocenters. The third kappa shape index (κ3) is 1.75. The van der Waals surface area contributed by atoms with Crippen molar-refractivity contribution in [3.8, 4) is 0 Å². The summed E-state index contributed by atoms with van der Waals surface area (Å²) in [5, 5.41) is 2.70. The molecule has 0 saturated carbocycles. The third-order valence-electron chi connectivity index (χ3n) is 2.08. The Bertz CT molecular complexity index is 202. The summed E-state index contributed by atoms with van der Waals surface area (Å²) in [7, 11) is 1.30. The minimum absolute atomic E-state index is 0.179. The second kappa shape index (κ2) is 3.56. The topological polar surface area (TPSA) is 55.4 Å². The smallest absolute Gasteiger partial charge is 0.318 e. The molecular formula is C8H13NO3. The molecule has 1 heterocycles. The number of carbonyl (C=O) groups is 2. The Hall–Kier alpha value is -1.06. The molecule has 4 nitrogen and oxygen atoms in total. The Kier molecular flexibility index (Phi) is 2.68. The summed E-state index contributed by atoms with van der Waals surface area (Å²) in [6.07, 6.45) is 1.44. The molecule has 1 saturated heterocycles. The van der Waals surface area contributed by atoms with Gasteiger partial charge in [-0.25, -0.2) is 0 Å². The normalized spacial score (nSPS) is 29.3. The van der Waals surface area contributed by atoms with E-state index in [1.165, 1.54) is 7.11 Å². The van der Waals surface area contributed by atoms with Crippen molar-refractivity contribution in [2.24, 2.45) is 5.92 Å². The second-order valence-corrected chi connectivity index (χ2v) is 3.06. The molecule has 1 aliphatic heterocycles. The fourth-order valence-corrected chi connectivity index (χ4v) is 1.33. The van der Waals surface area contributed by atoms with E-state index >= 15 is 0 Å². The standard InChI is InChI=1S/C8H13NO3/c1-5-3-4-6(7(10)9-5)8(11)12-2/h5-6H,3-4H2,1-2H3,(H,9,10)/t5-,6+/m0/s1. The van der Waals surface area contributed by atoms with E-state index in [1.807, 2.05) is 6.92 Å². The fourth-order valence-electron chi connectivity index (χ4n) is 1.33. The zero-order valence-electron chi connectivity index (χ0n) is 7.29. The maximum absolute atomic E-state index is 11.2. The lowest BCUT2D eigenvalue weighted by atomic mass is 9.95. The highest BCUT2D eigenvalue weighted by Gasteiger charge is 2.32. The van der Waals surface area contributed by atoms with Gasteiger partial charge in [0.2, 0.25) is 5.91 Å². The number of esters is 1. The number of nitrogens with one attached hydrogen (secondary N) is 1. The van der Waals surface area contributed by atoms with Gasteiger partial charge in [0.1, 0.15) is 5.92 Å². The first-order valence-corrected chi connectivity index (χ1v) is 4.03. The van der Waals surface area contributed by atoms with E-state index in [2.05, 4.69) is 10.1 Å². The van der Waals surface area contributed by atoms with Gasteiger partial charge in [-0.05, 0) is 19.8 Å². The maximum atomic E-state index is 11.2. The molecule has 12 heavy (non-hydrogen) atoms. The van der Waals surface area contributed by atoms with E-state index < -0.39 is 11.9 Å². The molecule has 0 aliphatic carbocycles. The van der Waals surface area contributed by atoms with Crippen LogP contribution in [0.5, 0.6) is 0 Å². The van der Waals surface area contributed by atoms with E-state index in [-0.39, 0.29) is 11.9 Å². The molecule has 1 amide bonds. The number of rotatable bonds is 1. The number of hydrogen-bond donors (Lipinski definition) is 1. The van der Waals surface area contributed by atoms with Crippen molar-refractivity contribution in [1.82, 2.24) is 5.32 Å². The zero-order chi connectivity index (χ0) is 9.14. The molecule has 0 spiro atoms. The van der Waals surface area contributed by atoms with Crippen LogP contribution >= 0.6 is 0 Å². The van der Waals surface area contributed by atoms with Crippen molar-refractivity contribution in [2.45, 2.75) is 25.8 Å². The number of ether oxygens (including phenoxy) is 1. The van der Waals surface area contributed by atoms with E-state index in [4.69, 9.17) is 0 Å². The fraction of sp³-hybridized carbons (Fsp3) is 0.750.